The van der Waals surface area contributed by atoms with Crippen LogP contribution in [0, 0.1) is 0 Å². The molecule has 1 atom stereocenters. The van der Waals surface area contributed by atoms with Gasteiger partial charge in [-0.25, -0.2) is 0 Å². The third-order valence-corrected chi connectivity index (χ3v) is 3.47. The third kappa shape index (κ3) is 3.27. The summed E-state index contributed by atoms with van der Waals surface area (Å²) >= 11 is 0. The quantitative estimate of drug-likeness (QED) is 0.572. The Labute approximate surface area is 119 Å². The summed E-state index contributed by atoms with van der Waals surface area (Å²) in [6.45, 7) is 1.94. The van der Waals surface area contributed by atoms with Crippen LogP contribution in [0.5, 0.6) is 0 Å². The molecule has 1 heterocycles. The van der Waals surface area contributed by atoms with Gasteiger partial charge in [0.25, 0.3) is 5.91 Å². The molecule has 0 spiro atoms. The van der Waals surface area contributed by atoms with Crippen molar-refractivity contribution in [3.63, 3.8) is 0 Å². The van der Waals surface area contributed by atoms with Crippen LogP contribution >= 0.6 is 0 Å². The van der Waals surface area contributed by atoms with E-state index in [2.05, 4.69) is 5.43 Å². The Kier molecular flexibility index (Phi) is 3.85. The van der Waals surface area contributed by atoms with Gasteiger partial charge in [0.15, 0.2) is 0 Å². The summed E-state index contributed by atoms with van der Waals surface area (Å²) in [7, 11) is 0. The van der Waals surface area contributed by atoms with Crippen molar-refractivity contribution >= 4 is 11.6 Å². The van der Waals surface area contributed by atoms with Gasteiger partial charge in [0.2, 0.25) is 0 Å². The van der Waals surface area contributed by atoms with Crippen LogP contribution in [0.25, 0.3) is 0 Å². The van der Waals surface area contributed by atoms with Gasteiger partial charge >= 0.3 is 6.18 Å². The number of alkyl halides is 3. The number of carbonyl (C=O) groups excluding carboxylic acids is 1. The maximum absolute atomic E-state index is 12.8. The largest absolute Gasteiger partial charge is 0.416 e. The van der Waals surface area contributed by atoms with Crippen molar-refractivity contribution in [3.05, 3.63) is 29.3 Å². The Morgan fingerprint density at radius 2 is 2.14 bits per heavy atom. The zero-order valence-corrected chi connectivity index (χ0v) is 11.4. The van der Waals surface area contributed by atoms with Crippen molar-refractivity contribution in [2.24, 2.45) is 5.84 Å². The normalized spacial score (nSPS) is 22.5. The minimum atomic E-state index is -4.54. The van der Waals surface area contributed by atoms with E-state index < -0.39 is 23.2 Å². The molecule has 8 heteroatoms. The number of anilines is 1. The highest BCUT2D eigenvalue weighted by molar-refractivity contribution is 6.00. The summed E-state index contributed by atoms with van der Waals surface area (Å²) in [6.07, 6.45) is -4.16. The van der Waals surface area contributed by atoms with Gasteiger partial charge in [-0.2, -0.15) is 13.2 Å². The molecule has 116 valence electrons. The Hall–Kier alpha value is -1.80. The van der Waals surface area contributed by atoms with Gasteiger partial charge in [-0.05, 0) is 31.5 Å². The lowest BCUT2D eigenvalue weighted by Gasteiger charge is -2.21. The molecule has 2 rings (SSSR count). The molecule has 1 aromatic carbocycles. The summed E-state index contributed by atoms with van der Waals surface area (Å²) in [4.78, 5) is 13.7. The van der Waals surface area contributed by atoms with Crippen LogP contribution in [0.3, 0.4) is 0 Å². The summed E-state index contributed by atoms with van der Waals surface area (Å²) in [5.41, 5.74) is 0.230. The van der Waals surface area contributed by atoms with E-state index in [4.69, 9.17) is 5.84 Å². The number of halogens is 3. The van der Waals surface area contributed by atoms with E-state index in [1.807, 2.05) is 0 Å². The fraction of sp³-hybridized carbons (Fsp3) is 0.462. The number of nitrogens with zero attached hydrogens (tertiary/aromatic N) is 1. The Morgan fingerprint density at radius 3 is 2.62 bits per heavy atom. The first-order chi connectivity index (χ1) is 9.64. The van der Waals surface area contributed by atoms with Crippen LogP contribution in [0.15, 0.2) is 18.2 Å². The van der Waals surface area contributed by atoms with Crippen molar-refractivity contribution in [2.75, 3.05) is 18.5 Å². The van der Waals surface area contributed by atoms with Crippen molar-refractivity contribution in [1.29, 1.82) is 0 Å². The molecular weight excluding hydrogens is 287 g/mol. The van der Waals surface area contributed by atoms with Crippen LogP contribution in [0.2, 0.25) is 0 Å². The molecule has 1 aliphatic heterocycles. The molecule has 1 aliphatic rings. The lowest BCUT2D eigenvalue weighted by Crippen LogP contribution is -2.34. The van der Waals surface area contributed by atoms with Gasteiger partial charge in [0.1, 0.15) is 0 Å². The van der Waals surface area contributed by atoms with Crippen molar-refractivity contribution in [1.82, 2.24) is 4.90 Å². The molecule has 21 heavy (non-hydrogen) atoms. The van der Waals surface area contributed by atoms with Crippen molar-refractivity contribution in [3.8, 4) is 0 Å². The molecule has 0 saturated carbocycles. The molecule has 0 bridgehead atoms. The molecule has 0 aromatic heterocycles. The third-order valence-electron chi connectivity index (χ3n) is 3.47. The number of carbonyl (C=O) groups is 1. The van der Waals surface area contributed by atoms with Crippen LogP contribution in [-0.4, -0.2) is 34.6 Å². The number of benzene rings is 1. The highest BCUT2D eigenvalue weighted by atomic mass is 19.4. The fourth-order valence-corrected chi connectivity index (χ4v) is 2.31. The fourth-order valence-electron chi connectivity index (χ4n) is 2.31. The van der Waals surface area contributed by atoms with E-state index in [1.165, 1.54) is 4.90 Å². The molecule has 1 fully saturated rings. The molecule has 5 nitrogen and oxygen atoms in total. The lowest BCUT2D eigenvalue weighted by atomic mass is 10.1. The zero-order valence-electron chi connectivity index (χ0n) is 11.4. The highest BCUT2D eigenvalue weighted by Crippen LogP contribution is 2.33. The van der Waals surface area contributed by atoms with Gasteiger partial charge < -0.3 is 15.4 Å². The number of hydrogen-bond acceptors (Lipinski definition) is 4. The molecule has 4 N–H and O–H groups in total. The van der Waals surface area contributed by atoms with E-state index in [0.717, 1.165) is 18.2 Å². The second-order valence-electron chi connectivity index (χ2n) is 5.38. The number of nitrogen functional groups attached to an aromatic ring is 1. The minimum absolute atomic E-state index is 0.0755. The predicted molar refractivity (Wildman–Crippen MR) is 70.4 cm³/mol. The minimum Gasteiger partial charge on any atom is -0.388 e. The van der Waals surface area contributed by atoms with Gasteiger partial charge in [-0.3, -0.25) is 10.6 Å². The SMILES string of the molecule is CC1(O)CCN(C(=O)c2cc(C(F)(F)F)ccc2NN)C1. The number of nitrogens with one attached hydrogen (secondary N) is 1. The van der Waals surface area contributed by atoms with Crippen LogP contribution in [-0.2, 0) is 6.18 Å². The van der Waals surface area contributed by atoms with E-state index in [1.54, 1.807) is 6.92 Å². The number of likely N-dealkylation sites (tertiary alicyclic amines) is 1. The monoisotopic (exact) mass is 303 g/mol. The van der Waals surface area contributed by atoms with E-state index in [9.17, 15) is 23.1 Å². The van der Waals surface area contributed by atoms with Crippen molar-refractivity contribution < 1.29 is 23.1 Å². The van der Waals surface area contributed by atoms with Crippen LogP contribution in [0.1, 0.15) is 29.3 Å². The average molecular weight is 303 g/mol. The molecule has 1 unspecified atom stereocenters. The predicted octanol–water partition coefficient (Wildman–Crippen LogP) is 1.59. The Balaban J connectivity index is 2.35. The standard InChI is InChI=1S/C13H16F3N3O2/c1-12(21)4-5-19(7-12)11(20)9-6-8(13(14,15)16)2-3-10(9)18-17/h2-3,6,18,21H,4-5,7,17H2,1H3. The smallest absolute Gasteiger partial charge is 0.388 e. The molecule has 1 amide bonds. The van der Waals surface area contributed by atoms with E-state index in [-0.39, 0.29) is 24.3 Å². The number of hydrazine groups is 1. The topological polar surface area (TPSA) is 78.6 Å². The van der Waals surface area contributed by atoms with Gasteiger partial charge in [-0.15, -0.1) is 0 Å². The number of rotatable bonds is 2. The summed E-state index contributed by atoms with van der Waals surface area (Å²) in [6, 6.07) is 2.74. The first kappa shape index (κ1) is 15.6. The summed E-state index contributed by atoms with van der Waals surface area (Å²) < 4.78 is 38.3. The second-order valence-corrected chi connectivity index (χ2v) is 5.38. The number of hydrogen-bond donors (Lipinski definition) is 3. The summed E-state index contributed by atoms with van der Waals surface area (Å²) in [5.74, 6) is 4.66. The number of β-amino-alcohol motifs (C(OH)–C–C–N with tert-alkyl or cyclic N) is 1. The number of aliphatic hydroxyl groups is 1. The Bertz CT molecular complexity index is 558. The second kappa shape index (κ2) is 5.19. The first-order valence-electron chi connectivity index (χ1n) is 6.33. The van der Waals surface area contributed by atoms with Gasteiger partial charge in [-0.1, -0.05) is 0 Å². The van der Waals surface area contributed by atoms with E-state index >= 15 is 0 Å². The lowest BCUT2D eigenvalue weighted by molar-refractivity contribution is -0.137. The maximum atomic E-state index is 12.8. The van der Waals surface area contributed by atoms with Gasteiger partial charge in [0, 0.05) is 13.1 Å². The molecule has 1 saturated heterocycles. The van der Waals surface area contributed by atoms with Crippen LogP contribution < -0.4 is 11.3 Å². The van der Waals surface area contributed by atoms with Crippen molar-refractivity contribution in [2.45, 2.75) is 25.1 Å². The van der Waals surface area contributed by atoms with Crippen LogP contribution in [0.4, 0.5) is 18.9 Å². The summed E-state index contributed by atoms with van der Waals surface area (Å²) in [5, 5.41) is 9.86. The van der Waals surface area contributed by atoms with E-state index in [0.29, 0.717) is 6.42 Å². The number of amides is 1. The average Bonchev–Trinajstić information content (AvgIpc) is 2.76. The molecule has 1 aromatic rings. The highest BCUT2D eigenvalue weighted by Gasteiger charge is 2.36. The number of nitrogens with two attached hydrogens (primary N) is 1. The van der Waals surface area contributed by atoms with Gasteiger partial charge in [0.05, 0.1) is 22.4 Å². The maximum Gasteiger partial charge on any atom is 0.416 e. The zero-order chi connectivity index (χ0) is 15.8. The molecule has 0 aliphatic carbocycles. The molecular formula is C13H16F3N3O2. The Morgan fingerprint density at radius 1 is 1.48 bits per heavy atom. The molecule has 0 radical (unpaired) electrons. The first-order valence-corrected chi connectivity index (χ1v) is 6.33.